The molecular weight excluding hydrogens is 1090 g/mol. The number of nitrogens with zero attached hydrogens (tertiary/aromatic N) is 7. The van der Waals surface area contributed by atoms with E-state index in [0.29, 0.717) is 93.7 Å². The number of aliphatic hydroxyl groups is 1. The highest BCUT2D eigenvalue weighted by molar-refractivity contribution is 7.90. The fraction of sp³-hybridized carbons (Fsp3) is 0.483. The van der Waals surface area contributed by atoms with E-state index in [4.69, 9.17) is 19.2 Å². The van der Waals surface area contributed by atoms with Crippen LogP contribution in [0.3, 0.4) is 0 Å². The van der Waals surface area contributed by atoms with Crippen LogP contribution in [0.5, 0.6) is 11.6 Å². The lowest BCUT2D eigenvalue weighted by Crippen LogP contribution is -2.60. The zero-order valence-electron chi connectivity index (χ0n) is 46.6. The number of piperazine rings is 1. The van der Waals surface area contributed by atoms with Crippen LogP contribution in [0.2, 0.25) is 0 Å². The molecule has 7 heterocycles. The molecule has 440 valence electrons. The van der Waals surface area contributed by atoms with Crippen molar-refractivity contribution in [1.82, 2.24) is 24.6 Å². The number of H-pyrrole nitrogens is 1. The third-order valence-corrected chi connectivity index (χ3v) is 19.3. The van der Waals surface area contributed by atoms with Crippen molar-refractivity contribution in [1.29, 1.82) is 0 Å². The lowest BCUT2D eigenvalue weighted by Gasteiger charge is -2.58. The van der Waals surface area contributed by atoms with Gasteiger partial charge >= 0.3 is 6.18 Å². The van der Waals surface area contributed by atoms with Gasteiger partial charge in [-0.2, -0.15) is 18.2 Å². The molecule has 3 aromatic heterocycles. The average molecular weight is 1160 g/mol. The topological polar surface area (TPSA) is 221 Å². The van der Waals surface area contributed by atoms with Crippen molar-refractivity contribution in [2.45, 2.75) is 126 Å². The number of carbonyl (C=O) groups excluding carboxylic acids is 1. The Hall–Kier alpha value is -7.21. The number of sulfonamides is 1. The number of rotatable bonds is 14. The number of anilines is 5. The van der Waals surface area contributed by atoms with E-state index in [-0.39, 0.29) is 53.4 Å². The second kappa shape index (κ2) is 22.1. The molecule has 5 fully saturated rings. The quantitative estimate of drug-likeness (QED) is 0.0589. The summed E-state index contributed by atoms with van der Waals surface area (Å²) in [6, 6.07) is 23.3. The first-order chi connectivity index (χ1) is 39.7. The number of nitro benzene ring substituents is 1. The summed E-state index contributed by atoms with van der Waals surface area (Å²) in [6.07, 6.45) is 4.73. The van der Waals surface area contributed by atoms with Gasteiger partial charge in [0.25, 0.3) is 21.6 Å². The number of amides is 1. The Kier molecular flexibility index (Phi) is 15.0. The van der Waals surface area contributed by atoms with Gasteiger partial charge in [-0.1, -0.05) is 18.2 Å². The second-order valence-electron chi connectivity index (χ2n) is 23.9. The SMILES string of the molecule is CC(C)Oc1ccccc1[C@H]1CN(c2ccnc(C(F)(F)F)c2)CCN1C1CC2(CCN(c3ccc(C(=O)NS(=O)(=O)c4ccc(NCC5CCC(C)(O)CC5)c([N+](=O)[O-])c4)c(N4c5cc6cc[nH]c6nc5O[C@H]5COCC[C@@H]54)c3)CC2)C1. The molecule has 1 amide bonds. The summed E-state index contributed by atoms with van der Waals surface area (Å²) in [4.78, 5) is 46.6. The molecule has 6 aromatic rings. The second-order valence-corrected chi connectivity index (χ2v) is 25.6. The zero-order valence-corrected chi connectivity index (χ0v) is 47.4. The highest BCUT2D eigenvalue weighted by Gasteiger charge is 2.51. The van der Waals surface area contributed by atoms with Crippen molar-refractivity contribution in [2.75, 3.05) is 72.5 Å². The van der Waals surface area contributed by atoms with E-state index in [9.17, 15) is 41.6 Å². The number of para-hydroxylation sites is 1. The number of nitrogens with one attached hydrogen (secondary N) is 3. The lowest BCUT2D eigenvalue weighted by molar-refractivity contribution is -0.384. The number of ether oxygens (including phenoxy) is 3. The number of pyridine rings is 2. The number of alkyl halides is 3. The molecule has 4 aliphatic heterocycles. The van der Waals surface area contributed by atoms with E-state index in [1.165, 1.54) is 18.3 Å². The van der Waals surface area contributed by atoms with Gasteiger partial charge in [-0.25, -0.2) is 13.1 Å². The Bertz CT molecular complexity index is 3520. The van der Waals surface area contributed by atoms with Gasteiger partial charge in [-0.3, -0.25) is 24.8 Å². The summed E-state index contributed by atoms with van der Waals surface area (Å²) < 4.78 is 91.2. The van der Waals surface area contributed by atoms with Crippen LogP contribution in [0, 0.1) is 21.4 Å². The fourth-order valence-corrected chi connectivity index (χ4v) is 14.5. The number of nitro groups is 1. The number of carbonyl (C=O) groups is 1. The van der Waals surface area contributed by atoms with Crippen LogP contribution in [0.4, 0.5) is 47.3 Å². The monoisotopic (exact) mass is 1160 g/mol. The molecule has 4 N–H and O–H groups in total. The molecule has 83 heavy (non-hydrogen) atoms. The number of benzene rings is 3. The van der Waals surface area contributed by atoms with Gasteiger partial charge in [0.2, 0.25) is 5.88 Å². The molecule has 23 heteroatoms. The van der Waals surface area contributed by atoms with Crippen molar-refractivity contribution in [3.05, 3.63) is 124 Å². The van der Waals surface area contributed by atoms with Gasteiger partial charge in [0.05, 0.1) is 51.5 Å². The van der Waals surface area contributed by atoms with E-state index < -0.39 is 55.0 Å². The summed E-state index contributed by atoms with van der Waals surface area (Å²) in [5.74, 6) is 0.310. The first-order valence-corrected chi connectivity index (χ1v) is 30.2. The highest BCUT2D eigenvalue weighted by atomic mass is 32.2. The van der Waals surface area contributed by atoms with Crippen LogP contribution in [0.1, 0.15) is 106 Å². The molecule has 0 bridgehead atoms. The van der Waals surface area contributed by atoms with Crippen LogP contribution in [-0.4, -0.2) is 127 Å². The van der Waals surface area contributed by atoms with E-state index in [1.54, 1.807) is 25.3 Å². The van der Waals surface area contributed by atoms with Crippen LogP contribution < -0.4 is 34.2 Å². The van der Waals surface area contributed by atoms with Crippen LogP contribution in [0.25, 0.3) is 11.0 Å². The van der Waals surface area contributed by atoms with Gasteiger partial charge in [-0.15, -0.1) is 0 Å². The number of hydrogen-bond acceptors (Lipinski definition) is 16. The number of aromatic nitrogens is 3. The normalized spacial score (nSPS) is 24.0. The smallest absolute Gasteiger partial charge is 0.433 e. The van der Waals surface area contributed by atoms with Crippen molar-refractivity contribution in [3.8, 4) is 11.6 Å². The Morgan fingerprint density at radius 1 is 0.940 bits per heavy atom. The molecule has 19 nitrogen and oxygen atoms in total. The van der Waals surface area contributed by atoms with Crippen molar-refractivity contribution in [2.24, 2.45) is 11.3 Å². The first kappa shape index (κ1) is 56.3. The molecular formula is C60H69F3N10O9S. The number of halogens is 3. The number of fused-ring (bicyclic) bond motifs is 3. The summed E-state index contributed by atoms with van der Waals surface area (Å²) in [5.41, 5.74) is 2.06. The van der Waals surface area contributed by atoms with Crippen molar-refractivity contribution in [3.63, 3.8) is 0 Å². The first-order valence-electron chi connectivity index (χ1n) is 28.7. The molecule has 2 aliphatic carbocycles. The van der Waals surface area contributed by atoms with Gasteiger partial charge in [0.15, 0.2) is 0 Å². The zero-order chi connectivity index (χ0) is 58.0. The molecule has 0 radical (unpaired) electrons. The molecule has 2 saturated carbocycles. The number of hydrogen-bond donors (Lipinski definition) is 4. The molecule has 12 rings (SSSR count). The summed E-state index contributed by atoms with van der Waals surface area (Å²) in [5, 5.41) is 26.8. The Morgan fingerprint density at radius 3 is 2.47 bits per heavy atom. The third kappa shape index (κ3) is 11.5. The summed E-state index contributed by atoms with van der Waals surface area (Å²) >= 11 is 0. The minimum atomic E-state index is -4.68. The molecule has 0 unspecified atom stereocenters. The van der Waals surface area contributed by atoms with Crippen LogP contribution in [0.15, 0.2) is 102 Å². The van der Waals surface area contributed by atoms with Crippen molar-refractivity contribution < 1.29 is 50.6 Å². The number of aromatic amines is 1. The highest BCUT2D eigenvalue weighted by Crippen LogP contribution is 2.54. The third-order valence-electron chi connectivity index (χ3n) is 18.0. The predicted octanol–water partition coefficient (Wildman–Crippen LogP) is 10.1. The van der Waals surface area contributed by atoms with Gasteiger partial charge in [0.1, 0.15) is 34.6 Å². The molecule has 3 atom stereocenters. The van der Waals surface area contributed by atoms with Crippen LogP contribution in [-0.2, 0) is 20.9 Å². The van der Waals surface area contributed by atoms with Gasteiger partial charge in [0, 0.05) is 92.7 Å². The molecule has 3 aromatic carbocycles. The molecule has 1 spiro atoms. The fourth-order valence-electron chi connectivity index (χ4n) is 13.5. The maximum Gasteiger partial charge on any atom is 0.433 e. The lowest BCUT2D eigenvalue weighted by atomic mass is 9.59. The Balaban J connectivity index is 0.806. The van der Waals surface area contributed by atoms with Crippen LogP contribution >= 0.6 is 0 Å². The van der Waals surface area contributed by atoms with E-state index in [2.05, 4.69) is 35.9 Å². The maximum absolute atomic E-state index is 14.8. The predicted molar refractivity (Wildman–Crippen MR) is 307 cm³/mol. The summed E-state index contributed by atoms with van der Waals surface area (Å²) in [7, 11) is -4.68. The standard InChI is InChI=1S/C60H69F3N10O9S/c1-37(2)81-52-7-5-4-6-44(52)51-35-70(41-15-22-64-54(30-41)60(61,62)63)25-26-71(51)42-32-59(33-42)19-23-69(24-20-59)40-8-10-45(48(29-40)72-47-16-27-80-36-53(47)82-57-50(72)28-39-14-21-65-55(39)67-57)56(74)68-83(78,79)43-9-11-46(49(31-43)73(76)77)66-34-38-12-17-58(3,75)18-13-38/h4-11,14-15,21-22,28-31,37-38,42,47,51,53,66,75H,12-13,16-20,23-27,32-36H2,1-3H3,(H,65,67)(H,68,74)/t38?,47-,51+,53-,58?/m0/s1. The Morgan fingerprint density at radius 2 is 1.71 bits per heavy atom. The number of piperidine rings is 1. The van der Waals surface area contributed by atoms with E-state index in [0.717, 1.165) is 73.0 Å². The largest absolute Gasteiger partial charge is 0.491 e. The summed E-state index contributed by atoms with van der Waals surface area (Å²) in [6.45, 7) is 9.89. The molecule has 3 saturated heterocycles. The molecule has 6 aliphatic rings. The van der Waals surface area contributed by atoms with Gasteiger partial charge in [-0.05, 0) is 151 Å². The maximum atomic E-state index is 14.8. The average Bonchev–Trinajstić information content (AvgIpc) is 3.07. The van der Waals surface area contributed by atoms with Crippen molar-refractivity contribution >= 4 is 61.1 Å². The van der Waals surface area contributed by atoms with E-state index in [1.807, 2.05) is 66.1 Å². The Labute approximate surface area is 479 Å². The minimum absolute atomic E-state index is 0.0500. The minimum Gasteiger partial charge on any atom is -0.491 e. The van der Waals surface area contributed by atoms with Gasteiger partial charge < -0.3 is 44.3 Å². The van der Waals surface area contributed by atoms with E-state index >= 15 is 0 Å².